The van der Waals surface area contributed by atoms with E-state index in [1.54, 1.807) is 30.0 Å². The first-order chi connectivity index (χ1) is 14.7. The van der Waals surface area contributed by atoms with Crippen LogP contribution in [0.3, 0.4) is 0 Å². The van der Waals surface area contributed by atoms with Crippen LogP contribution in [-0.2, 0) is 21.9 Å². The van der Waals surface area contributed by atoms with Gasteiger partial charge in [-0.2, -0.15) is 0 Å². The molecule has 0 spiro atoms. The highest BCUT2D eigenvalue weighted by atomic mass is 35.5. The normalized spacial score (nSPS) is 12.8. The third-order valence-corrected chi connectivity index (χ3v) is 6.71. The third-order valence-electron chi connectivity index (χ3n) is 5.14. The molecule has 0 aliphatic heterocycles. The highest BCUT2D eigenvalue weighted by Crippen LogP contribution is 2.24. The number of nitrogens with one attached hydrogen (secondary N) is 1. The van der Waals surface area contributed by atoms with Crippen molar-refractivity contribution >= 4 is 46.8 Å². The van der Waals surface area contributed by atoms with Gasteiger partial charge in [-0.1, -0.05) is 66.0 Å². The summed E-state index contributed by atoms with van der Waals surface area (Å²) in [5.74, 6) is 0.737. The lowest BCUT2D eigenvalue weighted by Gasteiger charge is -2.30. The van der Waals surface area contributed by atoms with E-state index in [-0.39, 0.29) is 30.2 Å². The van der Waals surface area contributed by atoms with Gasteiger partial charge in [-0.05, 0) is 50.5 Å². The lowest BCUT2D eigenvalue weighted by molar-refractivity contribution is -0.138. The van der Waals surface area contributed by atoms with Gasteiger partial charge in [-0.15, -0.1) is 11.8 Å². The van der Waals surface area contributed by atoms with Crippen molar-refractivity contribution in [3.05, 3.63) is 69.2 Å². The van der Waals surface area contributed by atoms with Gasteiger partial charge in [0.1, 0.15) is 6.04 Å². The second-order valence-electron chi connectivity index (χ2n) is 7.73. The molecule has 7 heteroatoms. The summed E-state index contributed by atoms with van der Waals surface area (Å²) < 4.78 is 0. The van der Waals surface area contributed by atoms with E-state index in [0.717, 1.165) is 17.7 Å². The van der Waals surface area contributed by atoms with Crippen molar-refractivity contribution in [2.45, 2.75) is 58.5 Å². The zero-order valence-electron chi connectivity index (χ0n) is 18.5. The van der Waals surface area contributed by atoms with Gasteiger partial charge in [-0.25, -0.2) is 0 Å². The van der Waals surface area contributed by atoms with E-state index in [9.17, 15) is 9.59 Å². The Balaban J connectivity index is 2.11. The number of benzene rings is 2. The van der Waals surface area contributed by atoms with Gasteiger partial charge in [0.05, 0.1) is 5.75 Å². The second-order valence-corrected chi connectivity index (χ2v) is 9.56. The van der Waals surface area contributed by atoms with Gasteiger partial charge in [-0.3, -0.25) is 9.59 Å². The predicted octanol–water partition coefficient (Wildman–Crippen LogP) is 5.87. The third kappa shape index (κ3) is 8.06. The maximum absolute atomic E-state index is 13.1. The zero-order valence-corrected chi connectivity index (χ0v) is 20.8. The van der Waals surface area contributed by atoms with Gasteiger partial charge in [0.15, 0.2) is 0 Å². The van der Waals surface area contributed by atoms with Crippen molar-refractivity contribution in [3.63, 3.8) is 0 Å². The topological polar surface area (TPSA) is 49.4 Å². The molecule has 1 N–H and O–H groups in total. The molecule has 2 atom stereocenters. The molecular weight excluding hydrogens is 451 g/mol. The monoisotopic (exact) mass is 480 g/mol. The summed E-state index contributed by atoms with van der Waals surface area (Å²) in [4.78, 5) is 27.5. The van der Waals surface area contributed by atoms with E-state index >= 15 is 0 Å². The Morgan fingerprint density at radius 2 is 1.77 bits per heavy atom. The molecule has 0 saturated heterocycles. The minimum atomic E-state index is -0.617. The van der Waals surface area contributed by atoms with Crippen molar-refractivity contribution in [1.82, 2.24) is 10.2 Å². The lowest BCUT2D eigenvalue weighted by Crippen LogP contribution is -2.50. The van der Waals surface area contributed by atoms with Gasteiger partial charge in [0.25, 0.3) is 0 Å². The summed E-state index contributed by atoms with van der Waals surface area (Å²) >= 11 is 13.9. The smallest absolute Gasteiger partial charge is 0.242 e. The SMILES string of the molecule is CCC(C)NC(=O)C(C)N(Cc1ccc(Cl)cc1Cl)C(=O)CSCc1ccc(C)cc1. The molecule has 168 valence electrons. The fourth-order valence-electron chi connectivity index (χ4n) is 2.90. The quantitative estimate of drug-likeness (QED) is 0.462. The van der Waals surface area contributed by atoms with Crippen molar-refractivity contribution in [2.24, 2.45) is 0 Å². The lowest BCUT2D eigenvalue weighted by atomic mass is 10.1. The zero-order chi connectivity index (χ0) is 23.0. The molecular formula is C24H30Cl2N2O2S. The van der Waals surface area contributed by atoms with Crippen LogP contribution < -0.4 is 5.32 Å². The van der Waals surface area contributed by atoms with Gasteiger partial charge >= 0.3 is 0 Å². The molecule has 2 unspecified atom stereocenters. The van der Waals surface area contributed by atoms with E-state index in [2.05, 4.69) is 29.6 Å². The van der Waals surface area contributed by atoms with Crippen LogP contribution in [0, 0.1) is 6.92 Å². The molecule has 0 saturated carbocycles. The van der Waals surface area contributed by atoms with Gasteiger partial charge in [0, 0.05) is 28.4 Å². The van der Waals surface area contributed by atoms with Crippen LogP contribution in [0.15, 0.2) is 42.5 Å². The van der Waals surface area contributed by atoms with E-state index in [0.29, 0.717) is 10.0 Å². The highest BCUT2D eigenvalue weighted by molar-refractivity contribution is 7.99. The molecule has 2 rings (SSSR count). The molecule has 31 heavy (non-hydrogen) atoms. The van der Waals surface area contributed by atoms with Crippen LogP contribution >= 0.6 is 35.0 Å². The molecule has 2 aromatic rings. The standard InChI is InChI=1S/C24H30Cl2N2O2S/c1-5-17(3)27-24(30)18(4)28(13-20-10-11-21(25)12-22(20)26)23(29)15-31-14-19-8-6-16(2)7-9-19/h6-12,17-18H,5,13-15H2,1-4H3,(H,27,30). The van der Waals surface area contributed by atoms with E-state index < -0.39 is 6.04 Å². The van der Waals surface area contributed by atoms with Crippen LogP contribution in [-0.4, -0.2) is 34.6 Å². The number of carbonyl (C=O) groups excluding carboxylic acids is 2. The summed E-state index contributed by atoms with van der Waals surface area (Å²) in [6.07, 6.45) is 0.821. The van der Waals surface area contributed by atoms with Crippen molar-refractivity contribution in [3.8, 4) is 0 Å². The maximum Gasteiger partial charge on any atom is 0.242 e. The second kappa shape index (κ2) is 12.4. The molecule has 2 amide bonds. The molecule has 2 aromatic carbocycles. The summed E-state index contributed by atoms with van der Waals surface area (Å²) in [6.45, 7) is 8.00. The van der Waals surface area contributed by atoms with Crippen LogP contribution in [0.4, 0.5) is 0 Å². The maximum atomic E-state index is 13.1. The van der Waals surface area contributed by atoms with Gasteiger partial charge < -0.3 is 10.2 Å². The van der Waals surface area contributed by atoms with Crippen LogP contribution in [0.25, 0.3) is 0 Å². The Bertz CT molecular complexity index is 890. The minimum absolute atomic E-state index is 0.0435. The molecule has 4 nitrogen and oxygen atoms in total. The molecule has 0 aliphatic rings. The van der Waals surface area contributed by atoms with Crippen LogP contribution in [0.5, 0.6) is 0 Å². The minimum Gasteiger partial charge on any atom is -0.352 e. The first-order valence-corrected chi connectivity index (χ1v) is 12.3. The number of thioether (sulfide) groups is 1. The number of nitrogens with zero attached hydrogens (tertiary/aromatic N) is 1. The first kappa shape index (κ1) is 25.6. The molecule has 0 heterocycles. The average molecular weight is 481 g/mol. The summed E-state index contributed by atoms with van der Waals surface area (Å²) in [5.41, 5.74) is 3.13. The number of rotatable bonds is 10. The Morgan fingerprint density at radius 3 is 2.39 bits per heavy atom. The fourth-order valence-corrected chi connectivity index (χ4v) is 4.24. The summed E-state index contributed by atoms with van der Waals surface area (Å²) in [6, 6.07) is 12.9. The number of aryl methyl sites for hydroxylation is 1. The Morgan fingerprint density at radius 1 is 1.10 bits per heavy atom. The number of hydrogen-bond acceptors (Lipinski definition) is 3. The van der Waals surface area contributed by atoms with E-state index in [1.807, 2.05) is 20.8 Å². The Labute approximate surface area is 199 Å². The predicted molar refractivity (Wildman–Crippen MR) is 132 cm³/mol. The summed E-state index contributed by atoms with van der Waals surface area (Å²) in [5, 5.41) is 3.98. The average Bonchev–Trinajstić information content (AvgIpc) is 2.73. The first-order valence-electron chi connectivity index (χ1n) is 10.4. The number of amides is 2. The Hall–Kier alpha value is -1.69. The van der Waals surface area contributed by atoms with E-state index in [4.69, 9.17) is 23.2 Å². The van der Waals surface area contributed by atoms with Crippen LogP contribution in [0.1, 0.15) is 43.9 Å². The Kier molecular flexibility index (Phi) is 10.2. The molecule has 0 aromatic heterocycles. The fraction of sp³-hybridized carbons (Fsp3) is 0.417. The van der Waals surface area contributed by atoms with Gasteiger partial charge in [0.2, 0.25) is 11.8 Å². The molecule has 0 fully saturated rings. The number of hydrogen-bond donors (Lipinski definition) is 1. The molecule has 0 bridgehead atoms. The largest absolute Gasteiger partial charge is 0.352 e. The highest BCUT2D eigenvalue weighted by Gasteiger charge is 2.27. The molecule has 0 aliphatic carbocycles. The van der Waals surface area contributed by atoms with Crippen molar-refractivity contribution < 1.29 is 9.59 Å². The molecule has 0 radical (unpaired) electrons. The summed E-state index contributed by atoms with van der Waals surface area (Å²) in [7, 11) is 0. The number of carbonyl (C=O) groups is 2. The number of halogens is 2. The van der Waals surface area contributed by atoms with Crippen LogP contribution in [0.2, 0.25) is 10.0 Å². The van der Waals surface area contributed by atoms with E-state index in [1.165, 1.54) is 22.9 Å². The van der Waals surface area contributed by atoms with Crippen molar-refractivity contribution in [1.29, 1.82) is 0 Å². The van der Waals surface area contributed by atoms with Crippen molar-refractivity contribution in [2.75, 3.05) is 5.75 Å².